The largest absolute Gasteiger partial charge is 0.347 e. The molecule has 2 heterocycles. The molecule has 0 radical (unpaired) electrons. The Hall–Kier alpha value is -0.940. The number of aromatic nitrogens is 1. The summed E-state index contributed by atoms with van der Waals surface area (Å²) in [6.07, 6.45) is 3.95. The van der Waals surface area contributed by atoms with Crippen LogP contribution in [0.4, 0.5) is 0 Å². The standard InChI is InChI=1S/C15H25N3OS/c1-5-18-8-6-7-11(10-18)17-13(19)12-9-16-14(20-12)15(2,3)4/h9,11H,5-8,10H2,1-4H3,(H,17,19). The second-order valence-electron chi connectivity index (χ2n) is 6.49. The lowest BCUT2D eigenvalue weighted by Gasteiger charge is -2.32. The highest BCUT2D eigenvalue weighted by molar-refractivity contribution is 7.13. The van der Waals surface area contributed by atoms with Gasteiger partial charge in [-0.05, 0) is 25.9 Å². The van der Waals surface area contributed by atoms with Gasteiger partial charge in [-0.2, -0.15) is 0 Å². The van der Waals surface area contributed by atoms with Gasteiger partial charge in [0, 0.05) is 18.0 Å². The zero-order valence-corrected chi connectivity index (χ0v) is 13.7. The van der Waals surface area contributed by atoms with E-state index in [0.717, 1.165) is 42.4 Å². The van der Waals surface area contributed by atoms with Crippen LogP contribution in [-0.4, -0.2) is 41.5 Å². The summed E-state index contributed by atoms with van der Waals surface area (Å²) in [5.41, 5.74) is 0.00699. The number of hydrogen-bond donors (Lipinski definition) is 1. The number of nitrogens with one attached hydrogen (secondary N) is 1. The van der Waals surface area contributed by atoms with Gasteiger partial charge in [0.05, 0.1) is 11.2 Å². The average Bonchev–Trinajstić information content (AvgIpc) is 2.88. The number of rotatable bonds is 3. The van der Waals surface area contributed by atoms with Crippen LogP contribution in [-0.2, 0) is 5.41 Å². The average molecular weight is 295 g/mol. The van der Waals surface area contributed by atoms with Crippen molar-refractivity contribution in [1.29, 1.82) is 0 Å². The first kappa shape index (κ1) is 15.4. The normalized spacial score (nSPS) is 20.9. The molecule has 20 heavy (non-hydrogen) atoms. The van der Waals surface area contributed by atoms with Gasteiger partial charge >= 0.3 is 0 Å². The van der Waals surface area contributed by atoms with E-state index in [0.29, 0.717) is 0 Å². The minimum Gasteiger partial charge on any atom is -0.347 e. The molecule has 1 unspecified atom stereocenters. The molecule has 1 aromatic heterocycles. The molecule has 0 bridgehead atoms. The second-order valence-corrected chi connectivity index (χ2v) is 7.52. The summed E-state index contributed by atoms with van der Waals surface area (Å²) in [5.74, 6) is 0.0287. The fourth-order valence-corrected chi connectivity index (χ4v) is 3.32. The highest BCUT2D eigenvalue weighted by Gasteiger charge is 2.23. The van der Waals surface area contributed by atoms with Gasteiger partial charge in [-0.1, -0.05) is 27.7 Å². The molecule has 2 rings (SSSR count). The molecule has 1 N–H and O–H groups in total. The third-order valence-electron chi connectivity index (χ3n) is 3.66. The molecule has 0 aliphatic carbocycles. The maximum Gasteiger partial charge on any atom is 0.263 e. The summed E-state index contributed by atoms with van der Waals surface area (Å²) in [5, 5.41) is 4.17. The predicted octanol–water partition coefficient (Wildman–Crippen LogP) is 2.65. The zero-order chi connectivity index (χ0) is 14.8. The molecule has 1 saturated heterocycles. The number of carbonyl (C=O) groups excluding carboxylic acids is 1. The molecular weight excluding hydrogens is 270 g/mol. The van der Waals surface area contributed by atoms with Crippen molar-refractivity contribution in [2.24, 2.45) is 0 Å². The Bertz CT molecular complexity index is 464. The molecule has 0 spiro atoms. The highest BCUT2D eigenvalue weighted by atomic mass is 32.1. The number of hydrogen-bond acceptors (Lipinski definition) is 4. The van der Waals surface area contributed by atoms with Crippen LogP contribution >= 0.6 is 11.3 Å². The summed E-state index contributed by atoms with van der Waals surface area (Å²) in [7, 11) is 0. The number of nitrogens with zero attached hydrogens (tertiary/aromatic N) is 2. The lowest BCUT2D eigenvalue weighted by Crippen LogP contribution is -2.47. The molecule has 0 aromatic carbocycles. The van der Waals surface area contributed by atoms with Crippen LogP contribution in [0.1, 0.15) is 55.2 Å². The summed E-state index contributed by atoms with van der Waals surface area (Å²) < 4.78 is 0. The number of likely N-dealkylation sites (N-methyl/N-ethyl adjacent to an activating group) is 1. The molecule has 0 saturated carbocycles. The van der Waals surface area contributed by atoms with E-state index in [-0.39, 0.29) is 17.4 Å². The highest BCUT2D eigenvalue weighted by Crippen LogP contribution is 2.26. The third kappa shape index (κ3) is 3.79. The van der Waals surface area contributed by atoms with Crippen molar-refractivity contribution >= 4 is 17.2 Å². The molecule has 5 heteroatoms. The summed E-state index contributed by atoms with van der Waals surface area (Å²) in [6.45, 7) is 11.7. The molecular formula is C15H25N3OS. The van der Waals surface area contributed by atoms with E-state index in [1.165, 1.54) is 11.3 Å². The fraction of sp³-hybridized carbons (Fsp3) is 0.733. The molecule has 1 amide bonds. The third-order valence-corrected chi connectivity index (χ3v) is 5.08. The van der Waals surface area contributed by atoms with Gasteiger partial charge in [0.1, 0.15) is 4.88 Å². The minimum atomic E-state index is 0.00699. The topological polar surface area (TPSA) is 45.2 Å². The van der Waals surface area contributed by atoms with E-state index in [1.54, 1.807) is 6.20 Å². The maximum atomic E-state index is 12.3. The van der Waals surface area contributed by atoms with E-state index in [9.17, 15) is 4.79 Å². The Morgan fingerprint density at radius 2 is 2.30 bits per heavy atom. The molecule has 1 aliphatic heterocycles. The Morgan fingerprint density at radius 1 is 1.55 bits per heavy atom. The quantitative estimate of drug-likeness (QED) is 0.932. The van der Waals surface area contributed by atoms with Crippen LogP contribution in [0, 0.1) is 0 Å². The van der Waals surface area contributed by atoms with Crippen molar-refractivity contribution in [3.63, 3.8) is 0 Å². The smallest absolute Gasteiger partial charge is 0.263 e. The molecule has 4 nitrogen and oxygen atoms in total. The van der Waals surface area contributed by atoms with Gasteiger partial charge in [-0.15, -0.1) is 11.3 Å². The first-order chi connectivity index (χ1) is 9.40. The van der Waals surface area contributed by atoms with Crippen LogP contribution in [0.2, 0.25) is 0 Å². The number of thiazole rings is 1. The molecule has 1 aliphatic rings. The van der Waals surface area contributed by atoms with Crippen LogP contribution in [0.3, 0.4) is 0 Å². The van der Waals surface area contributed by atoms with Crippen LogP contribution < -0.4 is 5.32 Å². The number of piperidine rings is 1. The SMILES string of the molecule is CCN1CCCC(NC(=O)c2cnc(C(C)(C)C)s2)C1. The maximum absolute atomic E-state index is 12.3. The Labute approximate surface area is 125 Å². The van der Waals surface area contributed by atoms with Crippen LogP contribution in [0.25, 0.3) is 0 Å². The van der Waals surface area contributed by atoms with E-state index >= 15 is 0 Å². The van der Waals surface area contributed by atoms with Crippen molar-refractivity contribution in [2.75, 3.05) is 19.6 Å². The van der Waals surface area contributed by atoms with Crippen molar-refractivity contribution in [3.8, 4) is 0 Å². The van der Waals surface area contributed by atoms with Gasteiger partial charge in [0.25, 0.3) is 5.91 Å². The van der Waals surface area contributed by atoms with Crippen molar-refractivity contribution in [2.45, 2.75) is 52.0 Å². The summed E-state index contributed by atoms with van der Waals surface area (Å²) in [6, 6.07) is 0.274. The lowest BCUT2D eigenvalue weighted by molar-refractivity contribution is 0.0910. The van der Waals surface area contributed by atoms with E-state index in [1.807, 2.05) is 0 Å². The van der Waals surface area contributed by atoms with Crippen molar-refractivity contribution in [3.05, 3.63) is 16.1 Å². The van der Waals surface area contributed by atoms with Gasteiger partial charge in [0.2, 0.25) is 0 Å². The number of amides is 1. The molecule has 1 fully saturated rings. The van der Waals surface area contributed by atoms with E-state index < -0.39 is 0 Å². The van der Waals surface area contributed by atoms with Gasteiger partial charge in [0.15, 0.2) is 0 Å². The number of likely N-dealkylation sites (tertiary alicyclic amines) is 1. The van der Waals surface area contributed by atoms with Crippen molar-refractivity contribution < 1.29 is 4.79 Å². The van der Waals surface area contributed by atoms with Crippen molar-refractivity contribution in [1.82, 2.24) is 15.2 Å². The van der Waals surface area contributed by atoms with Crippen LogP contribution in [0.15, 0.2) is 6.20 Å². The fourth-order valence-electron chi connectivity index (χ4n) is 2.44. The van der Waals surface area contributed by atoms with Crippen LogP contribution in [0.5, 0.6) is 0 Å². The lowest BCUT2D eigenvalue weighted by atomic mass is 9.98. The monoisotopic (exact) mass is 295 g/mol. The number of carbonyl (C=O) groups is 1. The summed E-state index contributed by atoms with van der Waals surface area (Å²) >= 11 is 1.51. The zero-order valence-electron chi connectivity index (χ0n) is 12.9. The summed E-state index contributed by atoms with van der Waals surface area (Å²) in [4.78, 5) is 19.8. The molecule has 1 atom stereocenters. The Balaban J connectivity index is 1.96. The first-order valence-corrected chi connectivity index (χ1v) is 8.21. The predicted molar refractivity (Wildman–Crippen MR) is 83.4 cm³/mol. The first-order valence-electron chi connectivity index (χ1n) is 7.39. The van der Waals surface area contributed by atoms with E-state index in [2.05, 4.69) is 42.9 Å². The second kappa shape index (κ2) is 6.22. The van der Waals surface area contributed by atoms with E-state index in [4.69, 9.17) is 0 Å². The minimum absolute atomic E-state index is 0.00699. The Morgan fingerprint density at radius 3 is 2.90 bits per heavy atom. The molecule has 1 aromatic rings. The Kier molecular flexibility index (Phi) is 4.81. The van der Waals surface area contributed by atoms with Gasteiger partial charge in [-0.3, -0.25) is 4.79 Å². The molecule has 112 valence electrons. The van der Waals surface area contributed by atoms with Gasteiger partial charge < -0.3 is 10.2 Å². The van der Waals surface area contributed by atoms with Gasteiger partial charge in [-0.25, -0.2) is 4.98 Å².